The normalized spacial score (nSPS) is 11.5. The Morgan fingerprint density at radius 3 is 2.47 bits per heavy atom. The van der Waals surface area contributed by atoms with E-state index in [2.05, 4.69) is 35.4 Å². The highest BCUT2D eigenvalue weighted by molar-refractivity contribution is 8.00. The van der Waals surface area contributed by atoms with E-state index in [1.165, 1.54) is 0 Å². The summed E-state index contributed by atoms with van der Waals surface area (Å²) in [6.07, 6.45) is 4.43. The highest BCUT2D eigenvalue weighted by Crippen LogP contribution is 2.30. The van der Waals surface area contributed by atoms with Crippen molar-refractivity contribution < 1.29 is 0 Å². The number of nitrogens with one attached hydrogen (secondary N) is 1. The van der Waals surface area contributed by atoms with Crippen molar-refractivity contribution in [3.63, 3.8) is 0 Å². The van der Waals surface area contributed by atoms with Gasteiger partial charge in [-0.1, -0.05) is 13.8 Å². The van der Waals surface area contributed by atoms with Crippen LogP contribution in [0.4, 0.5) is 11.6 Å². The van der Waals surface area contributed by atoms with E-state index in [9.17, 15) is 0 Å². The molecule has 1 aromatic rings. The number of thioether (sulfide) groups is 1. The van der Waals surface area contributed by atoms with E-state index in [0.29, 0.717) is 11.6 Å². The molecule has 0 saturated heterocycles. The van der Waals surface area contributed by atoms with E-state index < -0.39 is 0 Å². The number of aromatic nitrogens is 2. The van der Waals surface area contributed by atoms with Crippen molar-refractivity contribution in [3.05, 3.63) is 11.9 Å². The van der Waals surface area contributed by atoms with Crippen molar-refractivity contribution in [2.45, 2.75) is 38.4 Å². The molecule has 0 fully saturated rings. The van der Waals surface area contributed by atoms with Crippen LogP contribution in [0.25, 0.3) is 0 Å². The van der Waals surface area contributed by atoms with Crippen LogP contribution in [0, 0.1) is 6.92 Å². The number of anilines is 2. The Hall–Kier alpha value is -0.970. The minimum Gasteiger partial charge on any atom is -0.384 e. The fourth-order valence-electron chi connectivity index (χ4n) is 1.79. The van der Waals surface area contributed by atoms with Gasteiger partial charge < -0.3 is 11.1 Å². The first-order valence-electron chi connectivity index (χ1n) is 5.95. The molecule has 96 valence electrons. The quantitative estimate of drug-likeness (QED) is 0.817. The van der Waals surface area contributed by atoms with E-state index in [1.54, 1.807) is 6.07 Å². The third-order valence-corrected chi connectivity index (χ3v) is 4.76. The molecule has 0 aliphatic heterocycles. The van der Waals surface area contributed by atoms with Gasteiger partial charge in [-0.05, 0) is 26.0 Å². The van der Waals surface area contributed by atoms with Crippen LogP contribution in [0.3, 0.4) is 0 Å². The molecule has 0 aromatic carbocycles. The Morgan fingerprint density at radius 2 is 2.00 bits per heavy atom. The zero-order chi connectivity index (χ0) is 12.9. The molecule has 1 rings (SSSR count). The minimum absolute atomic E-state index is 0.271. The molecule has 0 radical (unpaired) electrons. The van der Waals surface area contributed by atoms with E-state index in [4.69, 9.17) is 5.73 Å². The number of nitrogen functional groups attached to an aromatic ring is 1. The minimum atomic E-state index is 0.271. The average molecular weight is 254 g/mol. The topological polar surface area (TPSA) is 63.8 Å². The van der Waals surface area contributed by atoms with Crippen molar-refractivity contribution in [2.75, 3.05) is 23.9 Å². The number of hydrogen-bond donors (Lipinski definition) is 2. The smallest absolute Gasteiger partial charge is 0.131 e. The SMILES string of the molecule is CCC(CC)(CNc1cc(N)nc(C)n1)SC. The molecule has 0 atom stereocenters. The molecule has 3 N–H and O–H groups in total. The Morgan fingerprint density at radius 1 is 1.35 bits per heavy atom. The van der Waals surface area contributed by atoms with Crippen LogP contribution >= 0.6 is 11.8 Å². The average Bonchev–Trinajstić information content (AvgIpc) is 2.30. The number of nitrogens with zero attached hydrogens (tertiary/aromatic N) is 2. The molecule has 0 spiro atoms. The molecule has 1 heterocycles. The predicted octanol–water partition coefficient (Wildman–Crippen LogP) is 2.70. The van der Waals surface area contributed by atoms with Gasteiger partial charge >= 0.3 is 0 Å². The lowest BCUT2D eigenvalue weighted by molar-refractivity contribution is 0.574. The predicted molar refractivity (Wildman–Crippen MR) is 76.5 cm³/mol. The van der Waals surface area contributed by atoms with E-state index in [1.807, 2.05) is 18.7 Å². The summed E-state index contributed by atoms with van der Waals surface area (Å²) in [5, 5.41) is 3.37. The Kier molecular flexibility index (Phi) is 5.05. The first-order chi connectivity index (χ1) is 8.05. The lowest BCUT2D eigenvalue weighted by atomic mass is 10.0. The van der Waals surface area contributed by atoms with Gasteiger partial charge in [0.1, 0.15) is 17.5 Å². The van der Waals surface area contributed by atoms with Gasteiger partial charge in [0.2, 0.25) is 0 Å². The standard InChI is InChI=1S/C12H22N4S/c1-5-12(6-2,17-4)8-14-11-7-10(13)15-9(3)16-11/h7H,5-6,8H2,1-4H3,(H3,13,14,15,16). The molecular weight excluding hydrogens is 232 g/mol. The Bertz CT molecular complexity index is 335. The molecule has 0 amide bonds. The third kappa shape index (κ3) is 3.77. The first-order valence-corrected chi connectivity index (χ1v) is 7.18. The fraction of sp³-hybridized carbons (Fsp3) is 0.667. The van der Waals surface area contributed by atoms with Gasteiger partial charge in [-0.25, -0.2) is 9.97 Å². The molecule has 0 aliphatic carbocycles. The van der Waals surface area contributed by atoms with Crippen molar-refractivity contribution >= 4 is 23.4 Å². The summed E-state index contributed by atoms with van der Waals surface area (Å²) < 4.78 is 0.271. The largest absolute Gasteiger partial charge is 0.384 e. The molecular formula is C12H22N4S. The van der Waals surface area contributed by atoms with Gasteiger partial charge in [0.05, 0.1) is 0 Å². The number of hydrogen-bond acceptors (Lipinski definition) is 5. The molecule has 1 aromatic heterocycles. The van der Waals surface area contributed by atoms with Crippen LogP contribution < -0.4 is 11.1 Å². The van der Waals surface area contributed by atoms with Gasteiger partial charge in [0.25, 0.3) is 0 Å². The first kappa shape index (κ1) is 14.1. The zero-order valence-electron chi connectivity index (χ0n) is 11.1. The van der Waals surface area contributed by atoms with Crippen molar-refractivity contribution in [3.8, 4) is 0 Å². The second-order valence-electron chi connectivity index (χ2n) is 4.17. The van der Waals surface area contributed by atoms with Gasteiger partial charge in [0.15, 0.2) is 0 Å². The molecule has 17 heavy (non-hydrogen) atoms. The van der Waals surface area contributed by atoms with E-state index >= 15 is 0 Å². The van der Waals surface area contributed by atoms with Crippen LogP contribution in [0.2, 0.25) is 0 Å². The summed E-state index contributed by atoms with van der Waals surface area (Å²) in [5.41, 5.74) is 5.70. The van der Waals surface area contributed by atoms with Crippen molar-refractivity contribution in [1.29, 1.82) is 0 Å². The maximum atomic E-state index is 5.70. The lowest BCUT2D eigenvalue weighted by Crippen LogP contribution is -2.32. The molecule has 4 nitrogen and oxygen atoms in total. The second-order valence-corrected chi connectivity index (χ2v) is 5.45. The highest BCUT2D eigenvalue weighted by Gasteiger charge is 2.24. The molecule has 0 unspecified atom stereocenters. The van der Waals surface area contributed by atoms with Gasteiger partial charge in [-0.15, -0.1) is 0 Å². The maximum Gasteiger partial charge on any atom is 0.131 e. The highest BCUT2D eigenvalue weighted by atomic mass is 32.2. The molecule has 0 aliphatic rings. The molecule has 5 heteroatoms. The summed E-state index contributed by atoms with van der Waals surface area (Å²) in [4.78, 5) is 8.39. The summed E-state index contributed by atoms with van der Waals surface area (Å²) in [7, 11) is 0. The number of nitrogens with two attached hydrogens (primary N) is 1. The zero-order valence-corrected chi connectivity index (χ0v) is 11.9. The van der Waals surface area contributed by atoms with Crippen LogP contribution in [-0.2, 0) is 0 Å². The number of rotatable bonds is 6. The lowest BCUT2D eigenvalue weighted by Gasteiger charge is -2.30. The summed E-state index contributed by atoms with van der Waals surface area (Å²) in [6.45, 7) is 7.20. The van der Waals surface area contributed by atoms with Crippen LogP contribution in [0.15, 0.2) is 6.07 Å². The third-order valence-electron chi connectivity index (χ3n) is 3.17. The van der Waals surface area contributed by atoms with E-state index in [-0.39, 0.29) is 4.75 Å². The van der Waals surface area contributed by atoms with Crippen molar-refractivity contribution in [2.24, 2.45) is 0 Å². The van der Waals surface area contributed by atoms with E-state index in [0.717, 1.165) is 25.2 Å². The van der Waals surface area contributed by atoms with Crippen LogP contribution in [-0.4, -0.2) is 27.5 Å². The summed E-state index contributed by atoms with van der Waals surface area (Å²) in [6, 6.07) is 1.78. The van der Waals surface area contributed by atoms with Crippen LogP contribution in [0.1, 0.15) is 32.5 Å². The van der Waals surface area contributed by atoms with Crippen molar-refractivity contribution in [1.82, 2.24) is 9.97 Å². The maximum absolute atomic E-state index is 5.70. The molecule has 0 saturated carbocycles. The Labute approximate surface area is 108 Å². The monoisotopic (exact) mass is 254 g/mol. The molecule has 0 bridgehead atoms. The summed E-state index contributed by atoms with van der Waals surface area (Å²) in [5.74, 6) is 2.04. The van der Waals surface area contributed by atoms with Crippen LogP contribution in [0.5, 0.6) is 0 Å². The second kappa shape index (κ2) is 6.10. The number of aryl methyl sites for hydroxylation is 1. The fourth-order valence-corrected chi connectivity index (χ4v) is 2.59. The van der Waals surface area contributed by atoms with Gasteiger partial charge in [-0.2, -0.15) is 11.8 Å². The Balaban J connectivity index is 2.71. The van der Waals surface area contributed by atoms with Gasteiger partial charge in [0, 0.05) is 17.4 Å². The summed E-state index contributed by atoms with van der Waals surface area (Å²) >= 11 is 1.91. The van der Waals surface area contributed by atoms with Gasteiger partial charge in [-0.3, -0.25) is 0 Å².